The van der Waals surface area contributed by atoms with Crippen molar-refractivity contribution in [1.29, 1.82) is 0 Å². The number of aliphatic hydroxyl groups is 1. The molecule has 3 rings (SSSR count). The van der Waals surface area contributed by atoms with E-state index in [4.69, 9.17) is 10.8 Å². The monoisotopic (exact) mass is 205 g/mol. The number of aromatic nitrogens is 4. The van der Waals surface area contributed by atoms with Gasteiger partial charge >= 0.3 is 0 Å². The number of hydrogen-bond donors (Lipinski definition) is 2. The number of nitrogen functional groups attached to an aromatic ring is 1. The first-order chi connectivity index (χ1) is 7.31. The molecule has 1 saturated carbocycles. The zero-order chi connectivity index (χ0) is 10.4. The molecule has 2 aromatic heterocycles. The highest BCUT2D eigenvalue weighted by Crippen LogP contribution is 2.43. The molecule has 1 aliphatic carbocycles. The summed E-state index contributed by atoms with van der Waals surface area (Å²) >= 11 is 0. The number of imidazole rings is 1. The van der Waals surface area contributed by atoms with Crippen molar-refractivity contribution in [2.45, 2.75) is 12.5 Å². The lowest BCUT2D eigenvalue weighted by atomic mass is 10.4. The van der Waals surface area contributed by atoms with E-state index in [0.29, 0.717) is 23.3 Å². The SMILES string of the molecule is Nc1ncnc2c1ncn2[C@@H]1C[C@@H]1CO. The predicted octanol–water partition coefficient (Wildman–Crippen LogP) is -0.0382. The first-order valence-electron chi connectivity index (χ1n) is 4.85. The van der Waals surface area contributed by atoms with E-state index in [1.165, 1.54) is 6.33 Å². The molecule has 6 nitrogen and oxygen atoms in total. The summed E-state index contributed by atoms with van der Waals surface area (Å²) in [5, 5.41) is 9.01. The van der Waals surface area contributed by atoms with Crippen LogP contribution in [0.15, 0.2) is 12.7 Å². The maximum Gasteiger partial charge on any atom is 0.165 e. The number of hydrogen-bond acceptors (Lipinski definition) is 5. The number of nitrogens with zero attached hydrogens (tertiary/aromatic N) is 4. The van der Waals surface area contributed by atoms with Crippen LogP contribution in [0.2, 0.25) is 0 Å². The van der Waals surface area contributed by atoms with Crippen LogP contribution in [0.25, 0.3) is 11.2 Å². The van der Waals surface area contributed by atoms with Gasteiger partial charge in [-0.05, 0) is 6.42 Å². The van der Waals surface area contributed by atoms with Gasteiger partial charge in [-0.2, -0.15) is 0 Å². The predicted molar refractivity (Wildman–Crippen MR) is 54.0 cm³/mol. The minimum absolute atomic E-state index is 0.213. The quantitative estimate of drug-likeness (QED) is 0.718. The zero-order valence-electron chi connectivity index (χ0n) is 8.04. The highest BCUT2D eigenvalue weighted by molar-refractivity contribution is 5.81. The van der Waals surface area contributed by atoms with Crippen LogP contribution in [0.3, 0.4) is 0 Å². The molecule has 78 valence electrons. The van der Waals surface area contributed by atoms with E-state index >= 15 is 0 Å². The van der Waals surface area contributed by atoms with Crippen LogP contribution in [-0.4, -0.2) is 31.2 Å². The van der Waals surface area contributed by atoms with Crippen molar-refractivity contribution < 1.29 is 5.11 Å². The van der Waals surface area contributed by atoms with Crippen LogP contribution in [0.1, 0.15) is 12.5 Å². The Kier molecular flexibility index (Phi) is 1.66. The fourth-order valence-electron chi connectivity index (χ4n) is 1.88. The topological polar surface area (TPSA) is 89.9 Å². The molecule has 0 aliphatic heterocycles. The van der Waals surface area contributed by atoms with Crippen molar-refractivity contribution in [2.24, 2.45) is 5.92 Å². The maximum atomic E-state index is 9.01. The third-order valence-corrected chi connectivity index (χ3v) is 2.86. The number of rotatable bonds is 2. The second kappa shape index (κ2) is 2.90. The minimum atomic E-state index is 0.213. The molecule has 0 saturated heterocycles. The fraction of sp³-hybridized carbons (Fsp3) is 0.444. The van der Waals surface area contributed by atoms with Crippen molar-refractivity contribution in [1.82, 2.24) is 19.5 Å². The lowest BCUT2D eigenvalue weighted by Crippen LogP contribution is -1.99. The molecule has 0 bridgehead atoms. The van der Waals surface area contributed by atoms with Crippen LogP contribution >= 0.6 is 0 Å². The molecule has 1 aliphatic rings. The van der Waals surface area contributed by atoms with Crippen LogP contribution in [0.4, 0.5) is 5.82 Å². The highest BCUT2D eigenvalue weighted by atomic mass is 16.3. The third kappa shape index (κ3) is 1.18. The Morgan fingerprint density at radius 3 is 3.07 bits per heavy atom. The number of nitrogens with two attached hydrogens (primary N) is 1. The molecule has 3 N–H and O–H groups in total. The summed E-state index contributed by atoms with van der Waals surface area (Å²) in [5.41, 5.74) is 7.07. The highest BCUT2D eigenvalue weighted by Gasteiger charge is 2.39. The summed E-state index contributed by atoms with van der Waals surface area (Å²) in [4.78, 5) is 12.2. The summed E-state index contributed by atoms with van der Waals surface area (Å²) in [6, 6.07) is 0.314. The first kappa shape index (κ1) is 8.60. The summed E-state index contributed by atoms with van der Waals surface area (Å²) < 4.78 is 1.97. The van der Waals surface area contributed by atoms with E-state index in [1.807, 2.05) is 4.57 Å². The second-order valence-corrected chi connectivity index (χ2v) is 3.83. The number of aliphatic hydroxyl groups excluding tert-OH is 1. The third-order valence-electron chi connectivity index (χ3n) is 2.86. The van der Waals surface area contributed by atoms with E-state index in [2.05, 4.69) is 15.0 Å². The maximum absolute atomic E-state index is 9.01. The molecule has 0 aromatic carbocycles. The van der Waals surface area contributed by atoms with Crippen LogP contribution in [0.5, 0.6) is 0 Å². The van der Waals surface area contributed by atoms with Gasteiger partial charge in [0.05, 0.1) is 6.33 Å². The normalized spacial score (nSPS) is 24.6. The van der Waals surface area contributed by atoms with Gasteiger partial charge in [-0.25, -0.2) is 15.0 Å². The Morgan fingerprint density at radius 1 is 1.47 bits per heavy atom. The summed E-state index contributed by atoms with van der Waals surface area (Å²) in [5.74, 6) is 0.735. The van der Waals surface area contributed by atoms with Crippen molar-refractivity contribution in [2.75, 3.05) is 12.3 Å². The van der Waals surface area contributed by atoms with Gasteiger partial charge in [0.1, 0.15) is 11.8 Å². The molecule has 0 radical (unpaired) electrons. The molecule has 0 spiro atoms. The van der Waals surface area contributed by atoms with Gasteiger partial charge in [0.25, 0.3) is 0 Å². The van der Waals surface area contributed by atoms with Gasteiger partial charge in [-0.3, -0.25) is 0 Å². The van der Waals surface area contributed by atoms with Gasteiger partial charge in [0.15, 0.2) is 11.5 Å². The Bertz CT molecular complexity index is 508. The van der Waals surface area contributed by atoms with Crippen molar-refractivity contribution in [3.63, 3.8) is 0 Å². The molecular formula is C9H11N5O. The van der Waals surface area contributed by atoms with Crippen LogP contribution < -0.4 is 5.73 Å². The van der Waals surface area contributed by atoms with E-state index in [1.54, 1.807) is 6.33 Å². The lowest BCUT2D eigenvalue weighted by molar-refractivity contribution is 0.269. The molecule has 6 heteroatoms. The first-order valence-corrected chi connectivity index (χ1v) is 4.85. The average Bonchev–Trinajstić information content (AvgIpc) is 2.90. The van der Waals surface area contributed by atoms with E-state index < -0.39 is 0 Å². The van der Waals surface area contributed by atoms with Crippen molar-refractivity contribution in [3.8, 4) is 0 Å². The molecule has 0 unspecified atom stereocenters. The second-order valence-electron chi connectivity index (χ2n) is 3.83. The van der Waals surface area contributed by atoms with Crippen LogP contribution in [-0.2, 0) is 0 Å². The van der Waals surface area contributed by atoms with Crippen LogP contribution in [0, 0.1) is 5.92 Å². The Labute approximate surface area is 85.8 Å². The summed E-state index contributed by atoms with van der Waals surface area (Å²) in [6.45, 7) is 0.213. The van der Waals surface area contributed by atoms with E-state index in [0.717, 1.165) is 12.1 Å². The van der Waals surface area contributed by atoms with E-state index in [9.17, 15) is 0 Å². The number of fused-ring (bicyclic) bond motifs is 1. The largest absolute Gasteiger partial charge is 0.396 e. The molecule has 2 atom stereocenters. The fourth-order valence-corrected chi connectivity index (χ4v) is 1.88. The summed E-state index contributed by atoms with van der Waals surface area (Å²) in [6.07, 6.45) is 4.13. The van der Waals surface area contributed by atoms with E-state index in [-0.39, 0.29) is 6.61 Å². The minimum Gasteiger partial charge on any atom is -0.396 e. The molecule has 1 fully saturated rings. The number of anilines is 1. The Hall–Kier alpha value is -1.69. The van der Waals surface area contributed by atoms with Gasteiger partial charge in [0.2, 0.25) is 0 Å². The molecule has 15 heavy (non-hydrogen) atoms. The van der Waals surface area contributed by atoms with Gasteiger partial charge in [-0.15, -0.1) is 0 Å². The molecule has 2 heterocycles. The Balaban J connectivity index is 2.10. The molecule has 0 amide bonds. The Morgan fingerprint density at radius 2 is 2.33 bits per heavy atom. The van der Waals surface area contributed by atoms with Crippen molar-refractivity contribution >= 4 is 17.0 Å². The zero-order valence-corrected chi connectivity index (χ0v) is 8.04. The van der Waals surface area contributed by atoms with Gasteiger partial charge in [0, 0.05) is 18.6 Å². The lowest BCUT2D eigenvalue weighted by Gasteiger charge is -2.00. The van der Waals surface area contributed by atoms with Gasteiger partial charge < -0.3 is 15.4 Å². The smallest absolute Gasteiger partial charge is 0.165 e. The standard InChI is InChI=1S/C9H11N5O/c10-8-7-9(12-3-11-8)14(4-13-7)6-1-5(6)2-15/h3-6,15H,1-2H2,(H2,10,11,12)/t5-,6-/m1/s1. The van der Waals surface area contributed by atoms with Crippen molar-refractivity contribution in [3.05, 3.63) is 12.7 Å². The molecular weight excluding hydrogens is 194 g/mol. The summed E-state index contributed by atoms with van der Waals surface area (Å²) in [7, 11) is 0. The average molecular weight is 205 g/mol. The molecule has 2 aromatic rings. The van der Waals surface area contributed by atoms with Gasteiger partial charge in [-0.1, -0.05) is 0 Å².